The van der Waals surface area contributed by atoms with Gasteiger partial charge in [0, 0.05) is 25.2 Å². The molecule has 1 saturated heterocycles. The topological polar surface area (TPSA) is 24.5 Å². The van der Waals surface area contributed by atoms with E-state index in [1.54, 1.807) is 0 Å². The van der Waals surface area contributed by atoms with Gasteiger partial charge in [0.1, 0.15) is 0 Å². The quantitative estimate of drug-likeness (QED) is 0.720. The van der Waals surface area contributed by atoms with Gasteiger partial charge in [0.15, 0.2) is 0 Å². The molecular formula is C13H28N2O. The number of likely N-dealkylation sites (N-methyl/N-ethyl adjacent to an activating group) is 1. The van der Waals surface area contributed by atoms with Gasteiger partial charge in [0.05, 0.1) is 13.2 Å². The van der Waals surface area contributed by atoms with Crippen LogP contribution in [-0.2, 0) is 4.74 Å². The molecule has 16 heavy (non-hydrogen) atoms. The Hall–Kier alpha value is -0.120. The first-order chi connectivity index (χ1) is 7.83. The molecule has 1 aliphatic heterocycles. The average Bonchev–Trinajstić information content (AvgIpc) is 2.32. The van der Waals surface area contributed by atoms with Crippen LogP contribution in [0.1, 0.15) is 40.0 Å². The maximum Gasteiger partial charge on any atom is 0.0594 e. The second kappa shape index (κ2) is 8.04. The summed E-state index contributed by atoms with van der Waals surface area (Å²) in [5.74, 6) is 0. The Morgan fingerprint density at radius 3 is 2.38 bits per heavy atom. The second-order valence-electron chi connectivity index (χ2n) is 4.58. The summed E-state index contributed by atoms with van der Waals surface area (Å²) in [6, 6.07) is 1.34. The van der Waals surface area contributed by atoms with Crippen LogP contribution >= 0.6 is 0 Å². The van der Waals surface area contributed by atoms with Crippen molar-refractivity contribution >= 4 is 0 Å². The number of hydrogen-bond acceptors (Lipinski definition) is 3. The summed E-state index contributed by atoms with van der Waals surface area (Å²) < 4.78 is 5.43. The Morgan fingerprint density at radius 2 is 1.88 bits per heavy atom. The summed E-state index contributed by atoms with van der Waals surface area (Å²) >= 11 is 0. The molecule has 3 heteroatoms. The van der Waals surface area contributed by atoms with E-state index in [2.05, 4.69) is 31.0 Å². The zero-order valence-corrected chi connectivity index (χ0v) is 11.2. The van der Waals surface area contributed by atoms with Crippen molar-refractivity contribution in [3.63, 3.8) is 0 Å². The number of rotatable bonds is 7. The SMILES string of the molecule is CCCC(NCC)C(CC)N1CCOCC1. The van der Waals surface area contributed by atoms with Gasteiger partial charge in [0.2, 0.25) is 0 Å². The fourth-order valence-corrected chi connectivity index (χ4v) is 2.71. The molecule has 0 bridgehead atoms. The molecule has 0 spiro atoms. The Morgan fingerprint density at radius 1 is 1.19 bits per heavy atom. The summed E-state index contributed by atoms with van der Waals surface area (Å²) in [7, 11) is 0. The highest BCUT2D eigenvalue weighted by atomic mass is 16.5. The molecule has 2 atom stereocenters. The number of nitrogens with zero attached hydrogens (tertiary/aromatic N) is 1. The Kier molecular flexibility index (Phi) is 7.01. The highest BCUT2D eigenvalue weighted by molar-refractivity contribution is 4.84. The van der Waals surface area contributed by atoms with Gasteiger partial charge in [-0.05, 0) is 19.4 Å². The first-order valence-corrected chi connectivity index (χ1v) is 6.88. The van der Waals surface area contributed by atoms with Crippen molar-refractivity contribution in [2.24, 2.45) is 0 Å². The standard InChI is InChI=1S/C13H28N2O/c1-4-7-12(14-6-3)13(5-2)15-8-10-16-11-9-15/h12-14H,4-11H2,1-3H3. The van der Waals surface area contributed by atoms with Crippen molar-refractivity contribution in [2.75, 3.05) is 32.8 Å². The van der Waals surface area contributed by atoms with E-state index in [0.29, 0.717) is 12.1 Å². The molecule has 0 aromatic heterocycles. The highest BCUT2D eigenvalue weighted by Crippen LogP contribution is 2.15. The van der Waals surface area contributed by atoms with E-state index < -0.39 is 0 Å². The summed E-state index contributed by atoms with van der Waals surface area (Å²) in [6.45, 7) is 11.9. The van der Waals surface area contributed by atoms with Crippen LogP contribution in [-0.4, -0.2) is 49.8 Å². The Labute approximate surface area is 101 Å². The molecule has 1 aliphatic rings. The van der Waals surface area contributed by atoms with E-state index in [0.717, 1.165) is 32.8 Å². The van der Waals surface area contributed by atoms with E-state index in [9.17, 15) is 0 Å². The minimum Gasteiger partial charge on any atom is -0.379 e. The number of morpholine rings is 1. The number of hydrogen-bond donors (Lipinski definition) is 1. The van der Waals surface area contributed by atoms with Crippen molar-refractivity contribution in [2.45, 2.75) is 52.1 Å². The third-order valence-corrected chi connectivity index (χ3v) is 3.46. The predicted octanol–water partition coefficient (Wildman–Crippen LogP) is 1.88. The summed E-state index contributed by atoms with van der Waals surface area (Å²) in [4.78, 5) is 2.60. The van der Waals surface area contributed by atoms with Gasteiger partial charge < -0.3 is 10.1 Å². The Balaban J connectivity index is 2.52. The molecule has 96 valence electrons. The minimum atomic E-state index is 0.651. The Bertz CT molecular complexity index is 163. The van der Waals surface area contributed by atoms with Crippen molar-refractivity contribution in [3.8, 4) is 0 Å². The van der Waals surface area contributed by atoms with Crippen LogP contribution in [0.5, 0.6) is 0 Å². The van der Waals surface area contributed by atoms with Gasteiger partial charge in [-0.15, -0.1) is 0 Å². The maximum atomic E-state index is 5.43. The van der Waals surface area contributed by atoms with Crippen molar-refractivity contribution < 1.29 is 4.74 Å². The van der Waals surface area contributed by atoms with Crippen LogP contribution in [0.4, 0.5) is 0 Å². The molecule has 0 saturated carbocycles. The zero-order valence-electron chi connectivity index (χ0n) is 11.2. The molecule has 0 radical (unpaired) electrons. The third kappa shape index (κ3) is 4.04. The number of ether oxygens (including phenoxy) is 1. The molecule has 1 fully saturated rings. The normalized spacial score (nSPS) is 21.9. The predicted molar refractivity (Wildman–Crippen MR) is 68.8 cm³/mol. The first kappa shape index (κ1) is 13.9. The van der Waals surface area contributed by atoms with E-state index in [-0.39, 0.29) is 0 Å². The van der Waals surface area contributed by atoms with Crippen LogP contribution in [0.3, 0.4) is 0 Å². The molecule has 0 aromatic carbocycles. The lowest BCUT2D eigenvalue weighted by Crippen LogP contribution is -2.53. The van der Waals surface area contributed by atoms with Gasteiger partial charge in [0.25, 0.3) is 0 Å². The van der Waals surface area contributed by atoms with E-state index in [1.807, 2.05) is 0 Å². The zero-order chi connectivity index (χ0) is 11.8. The van der Waals surface area contributed by atoms with Gasteiger partial charge >= 0.3 is 0 Å². The van der Waals surface area contributed by atoms with Crippen LogP contribution in [0.15, 0.2) is 0 Å². The minimum absolute atomic E-state index is 0.651. The van der Waals surface area contributed by atoms with Crippen molar-refractivity contribution in [3.05, 3.63) is 0 Å². The molecule has 1 rings (SSSR count). The van der Waals surface area contributed by atoms with Crippen LogP contribution in [0.25, 0.3) is 0 Å². The van der Waals surface area contributed by atoms with Gasteiger partial charge in [-0.3, -0.25) is 4.90 Å². The molecule has 3 nitrogen and oxygen atoms in total. The van der Waals surface area contributed by atoms with E-state index in [4.69, 9.17) is 4.74 Å². The first-order valence-electron chi connectivity index (χ1n) is 6.88. The maximum absolute atomic E-state index is 5.43. The highest BCUT2D eigenvalue weighted by Gasteiger charge is 2.26. The van der Waals surface area contributed by atoms with E-state index in [1.165, 1.54) is 19.3 Å². The molecule has 0 aromatic rings. The van der Waals surface area contributed by atoms with E-state index >= 15 is 0 Å². The van der Waals surface area contributed by atoms with Crippen LogP contribution in [0, 0.1) is 0 Å². The monoisotopic (exact) mass is 228 g/mol. The number of nitrogens with one attached hydrogen (secondary N) is 1. The lowest BCUT2D eigenvalue weighted by atomic mass is 9.98. The molecule has 0 aliphatic carbocycles. The molecular weight excluding hydrogens is 200 g/mol. The van der Waals surface area contributed by atoms with Crippen molar-refractivity contribution in [1.82, 2.24) is 10.2 Å². The second-order valence-corrected chi connectivity index (χ2v) is 4.58. The smallest absolute Gasteiger partial charge is 0.0594 e. The lowest BCUT2D eigenvalue weighted by molar-refractivity contribution is 0.00626. The fraction of sp³-hybridized carbons (Fsp3) is 1.00. The molecule has 1 heterocycles. The summed E-state index contributed by atoms with van der Waals surface area (Å²) in [5.41, 5.74) is 0. The molecule has 1 N–H and O–H groups in total. The molecule has 2 unspecified atom stereocenters. The van der Waals surface area contributed by atoms with Gasteiger partial charge in [-0.2, -0.15) is 0 Å². The van der Waals surface area contributed by atoms with Crippen LogP contribution < -0.4 is 5.32 Å². The van der Waals surface area contributed by atoms with Crippen LogP contribution in [0.2, 0.25) is 0 Å². The van der Waals surface area contributed by atoms with Gasteiger partial charge in [-0.25, -0.2) is 0 Å². The fourth-order valence-electron chi connectivity index (χ4n) is 2.71. The lowest BCUT2D eigenvalue weighted by Gasteiger charge is -2.39. The largest absolute Gasteiger partial charge is 0.379 e. The average molecular weight is 228 g/mol. The third-order valence-electron chi connectivity index (χ3n) is 3.46. The van der Waals surface area contributed by atoms with Gasteiger partial charge in [-0.1, -0.05) is 27.2 Å². The summed E-state index contributed by atoms with van der Waals surface area (Å²) in [5, 5.41) is 3.65. The summed E-state index contributed by atoms with van der Waals surface area (Å²) in [6.07, 6.45) is 3.78. The molecule has 0 amide bonds. The van der Waals surface area contributed by atoms with Crippen molar-refractivity contribution in [1.29, 1.82) is 0 Å².